The van der Waals surface area contributed by atoms with Gasteiger partial charge in [-0.15, -0.1) is 12.4 Å². The van der Waals surface area contributed by atoms with Crippen molar-refractivity contribution in [2.75, 3.05) is 0 Å². The third-order valence-corrected chi connectivity index (χ3v) is 1.64. The second-order valence-electron chi connectivity index (χ2n) is 2.80. The minimum Gasteiger partial charge on any atom is -0.508 e. The van der Waals surface area contributed by atoms with E-state index in [1.54, 1.807) is 0 Å². The number of phenols is 2. The Morgan fingerprint density at radius 2 is 1.47 bits per heavy atom. The van der Waals surface area contributed by atoms with E-state index in [-0.39, 0.29) is 18.0 Å². The molecule has 4 N–H and O–H groups in total. The van der Waals surface area contributed by atoms with Gasteiger partial charge < -0.3 is 15.9 Å². The fourth-order valence-electron chi connectivity index (χ4n) is 0.987. The summed E-state index contributed by atoms with van der Waals surface area (Å²) in [7, 11) is 0. The molecule has 0 aliphatic heterocycles. The van der Waals surface area contributed by atoms with Crippen molar-refractivity contribution < 1.29 is 23.4 Å². The van der Waals surface area contributed by atoms with Gasteiger partial charge in [-0.05, 0) is 17.7 Å². The molecule has 1 aromatic rings. The molecule has 15 heavy (non-hydrogen) atoms. The molecule has 0 heterocycles. The normalized spacial score (nSPS) is 13.1. The molecule has 0 aromatic heterocycles. The molecule has 0 radical (unpaired) electrons. The van der Waals surface area contributed by atoms with Crippen LogP contribution < -0.4 is 5.73 Å². The maximum atomic E-state index is 12.1. The van der Waals surface area contributed by atoms with E-state index in [1.165, 1.54) is 0 Å². The molecule has 3 nitrogen and oxygen atoms in total. The maximum Gasteiger partial charge on any atom is 0.407 e. The molecule has 0 aliphatic carbocycles. The smallest absolute Gasteiger partial charge is 0.407 e. The lowest BCUT2D eigenvalue weighted by Crippen LogP contribution is -2.28. The van der Waals surface area contributed by atoms with E-state index in [0.29, 0.717) is 0 Å². The zero-order valence-electron chi connectivity index (χ0n) is 7.32. The monoisotopic (exact) mass is 243 g/mol. The molecular weight excluding hydrogens is 235 g/mol. The molecular formula is C8H9ClF3NO2. The predicted octanol–water partition coefficient (Wildman–Crippen LogP) is 2.08. The molecule has 1 rings (SSSR count). The summed E-state index contributed by atoms with van der Waals surface area (Å²) in [6, 6.07) is 0.433. The van der Waals surface area contributed by atoms with Crippen LogP contribution in [0.5, 0.6) is 11.5 Å². The second kappa shape index (κ2) is 4.59. The first kappa shape index (κ1) is 13.9. The van der Waals surface area contributed by atoms with Crippen LogP contribution in [0, 0.1) is 0 Å². The van der Waals surface area contributed by atoms with Crippen LogP contribution in [0.1, 0.15) is 11.6 Å². The average molecular weight is 244 g/mol. The first-order valence-electron chi connectivity index (χ1n) is 3.66. The Morgan fingerprint density at radius 3 is 1.80 bits per heavy atom. The number of alkyl halides is 3. The topological polar surface area (TPSA) is 66.5 Å². The lowest BCUT2D eigenvalue weighted by molar-refractivity contribution is -0.149. The summed E-state index contributed by atoms with van der Waals surface area (Å²) in [5.74, 6) is -0.917. The number of nitrogens with two attached hydrogens (primary N) is 1. The largest absolute Gasteiger partial charge is 0.508 e. The van der Waals surface area contributed by atoms with Crippen LogP contribution >= 0.6 is 12.4 Å². The molecule has 86 valence electrons. The lowest BCUT2D eigenvalue weighted by Gasteiger charge is -2.16. The Morgan fingerprint density at radius 1 is 1.07 bits per heavy atom. The molecule has 0 fully saturated rings. The van der Waals surface area contributed by atoms with Crippen molar-refractivity contribution in [1.82, 2.24) is 0 Å². The van der Waals surface area contributed by atoms with Crippen LogP contribution in [0.2, 0.25) is 0 Å². The van der Waals surface area contributed by atoms with Gasteiger partial charge in [-0.1, -0.05) is 0 Å². The molecule has 7 heteroatoms. The van der Waals surface area contributed by atoms with Crippen molar-refractivity contribution in [3.05, 3.63) is 23.8 Å². The second-order valence-corrected chi connectivity index (χ2v) is 2.80. The Kier molecular flexibility index (Phi) is 4.24. The van der Waals surface area contributed by atoms with Crippen LogP contribution in [0.3, 0.4) is 0 Å². The molecule has 0 saturated carbocycles. The summed E-state index contributed by atoms with van der Waals surface area (Å²) in [6.45, 7) is 0. The first-order valence-corrected chi connectivity index (χ1v) is 3.66. The number of halogens is 4. The van der Waals surface area contributed by atoms with Crippen LogP contribution in [0.25, 0.3) is 0 Å². The minimum atomic E-state index is -4.60. The predicted molar refractivity (Wildman–Crippen MR) is 50.0 cm³/mol. The van der Waals surface area contributed by atoms with Gasteiger partial charge in [0.2, 0.25) is 0 Å². The lowest BCUT2D eigenvalue weighted by atomic mass is 10.1. The number of hydrogen-bond acceptors (Lipinski definition) is 3. The summed E-state index contributed by atoms with van der Waals surface area (Å²) in [6.07, 6.45) is -4.60. The summed E-state index contributed by atoms with van der Waals surface area (Å²) in [4.78, 5) is 0. The Bertz CT molecular complexity index is 323. The fraction of sp³-hybridized carbons (Fsp3) is 0.250. The summed E-state index contributed by atoms with van der Waals surface area (Å²) in [5.41, 5.74) is 4.48. The van der Waals surface area contributed by atoms with Gasteiger partial charge in [0, 0.05) is 6.07 Å². The number of rotatable bonds is 1. The van der Waals surface area contributed by atoms with Crippen molar-refractivity contribution in [3.63, 3.8) is 0 Å². The standard InChI is InChI=1S/C8H8F3NO2.ClH/c9-8(10,11)7(12)4-1-5(13)3-6(14)2-4;/h1-3,7,13-14H,12H2;1H/t7-;/m0./s1. The number of phenolic OH excluding ortho intramolecular Hbond substituents is 2. The van der Waals surface area contributed by atoms with Gasteiger partial charge in [-0.2, -0.15) is 13.2 Å². The zero-order valence-corrected chi connectivity index (χ0v) is 8.14. The third-order valence-electron chi connectivity index (χ3n) is 1.64. The molecule has 1 aromatic carbocycles. The van der Waals surface area contributed by atoms with Gasteiger partial charge >= 0.3 is 6.18 Å². The van der Waals surface area contributed by atoms with Gasteiger partial charge in [0.1, 0.15) is 17.5 Å². The first-order chi connectivity index (χ1) is 6.30. The fourth-order valence-corrected chi connectivity index (χ4v) is 0.987. The molecule has 0 aliphatic rings. The summed E-state index contributed by atoms with van der Waals surface area (Å²) in [5, 5.41) is 17.9. The van der Waals surface area contributed by atoms with E-state index in [9.17, 15) is 13.2 Å². The van der Waals surface area contributed by atoms with Crippen molar-refractivity contribution in [3.8, 4) is 11.5 Å². The average Bonchev–Trinajstić information content (AvgIpc) is 1.99. The highest BCUT2D eigenvalue weighted by Gasteiger charge is 2.38. The van der Waals surface area contributed by atoms with Gasteiger partial charge in [0.15, 0.2) is 0 Å². The van der Waals surface area contributed by atoms with Gasteiger partial charge in [-0.3, -0.25) is 0 Å². The van der Waals surface area contributed by atoms with E-state index in [4.69, 9.17) is 15.9 Å². The Hall–Kier alpha value is -1.14. The maximum absolute atomic E-state index is 12.1. The SMILES string of the molecule is Cl.N[C@@H](c1cc(O)cc(O)c1)C(F)(F)F. The van der Waals surface area contributed by atoms with Crippen LogP contribution in [-0.2, 0) is 0 Å². The molecule has 0 bridgehead atoms. The quantitative estimate of drug-likeness (QED) is 0.707. The van der Waals surface area contributed by atoms with E-state index < -0.39 is 23.7 Å². The van der Waals surface area contributed by atoms with Crippen LogP contribution in [0.15, 0.2) is 18.2 Å². The van der Waals surface area contributed by atoms with E-state index in [2.05, 4.69) is 0 Å². The highest BCUT2D eigenvalue weighted by molar-refractivity contribution is 5.85. The Balaban J connectivity index is 0.00000196. The number of benzene rings is 1. The number of hydrogen-bond donors (Lipinski definition) is 3. The van der Waals surface area contributed by atoms with Crippen molar-refractivity contribution >= 4 is 12.4 Å². The highest BCUT2D eigenvalue weighted by Crippen LogP contribution is 2.33. The Labute approximate surface area is 89.7 Å². The molecule has 0 unspecified atom stereocenters. The van der Waals surface area contributed by atoms with Crippen LogP contribution in [0.4, 0.5) is 13.2 Å². The van der Waals surface area contributed by atoms with Crippen molar-refractivity contribution in [2.24, 2.45) is 5.73 Å². The summed E-state index contributed by atoms with van der Waals surface area (Å²) < 4.78 is 36.3. The molecule has 0 spiro atoms. The third kappa shape index (κ3) is 3.49. The number of aromatic hydroxyl groups is 2. The van der Waals surface area contributed by atoms with E-state index in [0.717, 1.165) is 18.2 Å². The molecule has 1 atom stereocenters. The van der Waals surface area contributed by atoms with E-state index in [1.807, 2.05) is 0 Å². The van der Waals surface area contributed by atoms with Gasteiger partial charge in [0.25, 0.3) is 0 Å². The molecule has 0 amide bonds. The van der Waals surface area contributed by atoms with Crippen LogP contribution in [-0.4, -0.2) is 16.4 Å². The van der Waals surface area contributed by atoms with E-state index >= 15 is 0 Å². The van der Waals surface area contributed by atoms with Crippen molar-refractivity contribution in [2.45, 2.75) is 12.2 Å². The van der Waals surface area contributed by atoms with Gasteiger partial charge in [0.05, 0.1) is 0 Å². The van der Waals surface area contributed by atoms with Gasteiger partial charge in [-0.25, -0.2) is 0 Å². The molecule has 0 saturated heterocycles. The zero-order chi connectivity index (χ0) is 10.9. The highest BCUT2D eigenvalue weighted by atomic mass is 35.5. The minimum absolute atomic E-state index is 0. The van der Waals surface area contributed by atoms with Crippen molar-refractivity contribution in [1.29, 1.82) is 0 Å². The summed E-state index contributed by atoms with van der Waals surface area (Å²) >= 11 is 0.